The van der Waals surface area contributed by atoms with Gasteiger partial charge in [0.05, 0.1) is 5.52 Å². The minimum atomic E-state index is 1.03. The monoisotopic (exact) mass is 227 g/mol. The number of para-hydroxylation sites is 1. The third-order valence-electron chi connectivity index (χ3n) is 3.34. The third kappa shape index (κ3) is 2.30. The predicted octanol–water partition coefficient (Wildman–Crippen LogP) is 1.64. The van der Waals surface area contributed by atoms with Crippen LogP contribution < -0.4 is 5.32 Å². The molecule has 0 aliphatic carbocycles. The van der Waals surface area contributed by atoms with E-state index in [1.54, 1.807) is 0 Å². The Hall–Kier alpha value is -1.45. The molecule has 0 amide bonds. The van der Waals surface area contributed by atoms with Gasteiger partial charge in [0.15, 0.2) is 0 Å². The van der Waals surface area contributed by atoms with Gasteiger partial charge in [-0.05, 0) is 17.7 Å². The van der Waals surface area contributed by atoms with Gasteiger partial charge in [0.25, 0.3) is 0 Å². The fourth-order valence-corrected chi connectivity index (χ4v) is 2.40. The molecule has 3 rings (SSSR count). The van der Waals surface area contributed by atoms with Crippen molar-refractivity contribution in [2.45, 2.75) is 6.54 Å². The number of nitrogens with one attached hydrogen (secondary N) is 1. The van der Waals surface area contributed by atoms with Gasteiger partial charge in [0, 0.05) is 44.3 Å². The fraction of sp³-hybridized carbons (Fsp3) is 0.357. The van der Waals surface area contributed by atoms with E-state index in [1.165, 1.54) is 10.9 Å². The van der Waals surface area contributed by atoms with Gasteiger partial charge in [-0.1, -0.05) is 18.2 Å². The number of nitrogens with zero attached hydrogens (tertiary/aromatic N) is 2. The van der Waals surface area contributed by atoms with Crippen molar-refractivity contribution in [1.82, 2.24) is 15.2 Å². The lowest BCUT2D eigenvalue weighted by molar-refractivity contribution is 0.234. The third-order valence-corrected chi connectivity index (χ3v) is 3.34. The van der Waals surface area contributed by atoms with Crippen molar-refractivity contribution in [2.24, 2.45) is 0 Å². The molecule has 17 heavy (non-hydrogen) atoms. The van der Waals surface area contributed by atoms with Crippen molar-refractivity contribution in [3.63, 3.8) is 0 Å². The zero-order chi connectivity index (χ0) is 11.5. The summed E-state index contributed by atoms with van der Waals surface area (Å²) in [6, 6.07) is 10.5. The van der Waals surface area contributed by atoms with Crippen LogP contribution >= 0.6 is 0 Å². The molecule has 2 heterocycles. The molecule has 1 N–H and O–H groups in total. The van der Waals surface area contributed by atoms with Gasteiger partial charge in [-0.3, -0.25) is 9.88 Å². The highest BCUT2D eigenvalue weighted by Gasteiger charge is 2.11. The van der Waals surface area contributed by atoms with Crippen LogP contribution in [0.3, 0.4) is 0 Å². The van der Waals surface area contributed by atoms with Crippen molar-refractivity contribution in [3.8, 4) is 0 Å². The summed E-state index contributed by atoms with van der Waals surface area (Å²) >= 11 is 0. The maximum Gasteiger partial charge on any atom is 0.0705 e. The Kier molecular flexibility index (Phi) is 3.03. The number of fused-ring (bicyclic) bond motifs is 1. The fourth-order valence-electron chi connectivity index (χ4n) is 2.40. The Morgan fingerprint density at radius 2 is 1.94 bits per heavy atom. The van der Waals surface area contributed by atoms with Crippen LogP contribution in [0.4, 0.5) is 0 Å². The van der Waals surface area contributed by atoms with Crippen molar-refractivity contribution >= 4 is 10.9 Å². The van der Waals surface area contributed by atoms with Gasteiger partial charge in [-0.25, -0.2) is 0 Å². The van der Waals surface area contributed by atoms with Crippen molar-refractivity contribution in [1.29, 1.82) is 0 Å². The van der Waals surface area contributed by atoms with Gasteiger partial charge >= 0.3 is 0 Å². The topological polar surface area (TPSA) is 28.2 Å². The number of rotatable bonds is 2. The van der Waals surface area contributed by atoms with E-state index in [0.717, 1.165) is 38.2 Å². The first-order chi connectivity index (χ1) is 8.43. The highest BCUT2D eigenvalue weighted by atomic mass is 15.2. The number of hydrogen-bond acceptors (Lipinski definition) is 3. The largest absolute Gasteiger partial charge is 0.314 e. The van der Waals surface area contributed by atoms with Gasteiger partial charge in [-0.2, -0.15) is 0 Å². The van der Waals surface area contributed by atoms with Crippen molar-refractivity contribution in [2.75, 3.05) is 26.2 Å². The van der Waals surface area contributed by atoms with Gasteiger partial charge < -0.3 is 5.32 Å². The molecule has 0 radical (unpaired) electrons. The maximum atomic E-state index is 4.40. The van der Waals surface area contributed by atoms with Crippen LogP contribution in [0.2, 0.25) is 0 Å². The van der Waals surface area contributed by atoms with E-state index in [0.29, 0.717) is 0 Å². The van der Waals surface area contributed by atoms with E-state index >= 15 is 0 Å². The molecule has 88 valence electrons. The van der Waals surface area contributed by atoms with E-state index in [4.69, 9.17) is 0 Å². The Balaban J connectivity index is 1.89. The van der Waals surface area contributed by atoms with E-state index in [-0.39, 0.29) is 0 Å². The first-order valence-electron chi connectivity index (χ1n) is 6.19. The summed E-state index contributed by atoms with van der Waals surface area (Å²) in [5, 5.41) is 4.67. The second kappa shape index (κ2) is 4.82. The highest BCUT2D eigenvalue weighted by Crippen LogP contribution is 2.17. The Morgan fingerprint density at radius 1 is 1.12 bits per heavy atom. The first kappa shape index (κ1) is 10.7. The summed E-state index contributed by atoms with van der Waals surface area (Å²) < 4.78 is 0. The van der Waals surface area contributed by atoms with Gasteiger partial charge in [-0.15, -0.1) is 0 Å². The number of aromatic nitrogens is 1. The lowest BCUT2D eigenvalue weighted by atomic mass is 10.1. The Morgan fingerprint density at radius 3 is 2.82 bits per heavy atom. The predicted molar refractivity (Wildman–Crippen MR) is 69.9 cm³/mol. The molecule has 3 nitrogen and oxygen atoms in total. The standard InChI is InChI=1S/C14H17N3/c1-2-4-14-13(3-1)12(5-6-16-14)11-17-9-7-15-8-10-17/h1-6,15H,7-11H2. The second-order valence-corrected chi connectivity index (χ2v) is 4.51. The molecule has 0 bridgehead atoms. The van der Waals surface area contributed by atoms with Crippen LogP contribution in [-0.2, 0) is 6.54 Å². The molecule has 0 spiro atoms. The molecule has 1 aliphatic rings. The number of piperazine rings is 1. The molecule has 1 saturated heterocycles. The van der Waals surface area contributed by atoms with Gasteiger partial charge in [0.1, 0.15) is 0 Å². The van der Waals surface area contributed by atoms with E-state index in [2.05, 4.69) is 39.5 Å². The molecular formula is C14H17N3. The minimum Gasteiger partial charge on any atom is -0.314 e. The van der Waals surface area contributed by atoms with Crippen LogP contribution in [0.5, 0.6) is 0 Å². The minimum absolute atomic E-state index is 1.03. The molecule has 2 aromatic rings. The molecule has 0 saturated carbocycles. The summed E-state index contributed by atoms with van der Waals surface area (Å²) in [5.41, 5.74) is 2.48. The van der Waals surface area contributed by atoms with Crippen LogP contribution in [0.15, 0.2) is 36.5 Å². The molecule has 3 heteroatoms. The summed E-state index contributed by atoms with van der Waals surface area (Å²) in [5.74, 6) is 0. The average molecular weight is 227 g/mol. The first-order valence-corrected chi connectivity index (χ1v) is 6.19. The summed E-state index contributed by atoms with van der Waals surface area (Å²) in [7, 11) is 0. The molecule has 0 unspecified atom stereocenters. The molecular weight excluding hydrogens is 210 g/mol. The molecule has 0 atom stereocenters. The summed E-state index contributed by atoms with van der Waals surface area (Å²) in [6.45, 7) is 5.50. The van der Waals surface area contributed by atoms with Gasteiger partial charge in [0.2, 0.25) is 0 Å². The maximum absolute atomic E-state index is 4.40. The summed E-state index contributed by atoms with van der Waals surface area (Å²) in [4.78, 5) is 6.90. The SMILES string of the molecule is c1ccc2c(CN3CCNCC3)ccnc2c1. The quantitative estimate of drug-likeness (QED) is 0.845. The molecule has 1 aromatic heterocycles. The number of hydrogen-bond donors (Lipinski definition) is 1. The zero-order valence-corrected chi connectivity index (χ0v) is 9.89. The van der Waals surface area contributed by atoms with E-state index in [1.807, 2.05) is 12.3 Å². The highest BCUT2D eigenvalue weighted by molar-refractivity contribution is 5.81. The Bertz CT molecular complexity index is 498. The average Bonchev–Trinajstić information content (AvgIpc) is 2.40. The molecule has 1 fully saturated rings. The van der Waals surface area contributed by atoms with Crippen molar-refractivity contribution < 1.29 is 0 Å². The van der Waals surface area contributed by atoms with Crippen LogP contribution in [0.1, 0.15) is 5.56 Å². The smallest absolute Gasteiger partial charge is 0.0705 e. The van der Waals surface area contributed by atoms with Crippen LogP contribution in [-0.4, -0.2) is 36.1 Å². The molecule has 1 aliphatic heterocycles. The normalized spacial score (nSPS) is 17.4. The Labute approximate surface area is 101 Å². The van der Waals surface area contributed by atoms with E-state index in [9.17, 15) is 0 Å². The van der Waals surface area contributed by atoms with Crippen LogP contribution in [0, 0.1) is 0 Å². The lowest BCUT2D eigenvalue weighted by Gasteiger charge is -2.27. The zero-order valence-electron chi connectivity index (χ0n) is 9.89. The van der Waals surface area contributed by atoms with Crippen LogP contribution in [0.25, 0.3) is 10.9 Å². The van der Waals surface area contributed by atoms with Crippen molar-refractivity contribution in [3.05, 3.63) is 42.1 Å². The molecule has 1 aromatic carbocycles. The second-order valence-electron chi connectivity index (χ2n) is 4.51. The van der Waals surface area contributed by atoms with E-state index < -0.39 is 0 Å². The number of pyridine rings is 1. The summed E-state index contributed by atoms with van der Waals surface area (Å²) in [6.07, 6.45) is 1.92. The lowest BCUT2D eigenvalue weighted by Crippen LogP contribution is -2.42. The number of benzene rings is 1.